The van der Waals surface area contributed by atoms with Crippen molar-refractivity contribution in [1.82, 2.24) is 0 Å². The highest BCUT2D eigenvalue weighted by Crippen LogP contribution is 2.29. The number of methoxy groups -OCH3 is 1. The minimum atomic E-state index is -0.551. The second kappa shape index (κ2) is 6.87. The SMILES string of the molecule is COc1ccc(/C=C/C(=O)c2cc(C(C)=O)c(O)cc2O)cc1O. The van der Waals surface area contributed by atoms with E-state index in [2.05, 4.69) is 0 Å². The number of hydrogen-bond acceptors (Lipinski definition) is 6. The number of allylic oxidation sites excluding steroid dienone is 1. The van der Waals surface area contributed by atoms with Crippen LogP contribution in [-0.4, -0.2) is 34.0 Å². The number of rotatable bonds is 5. The van der Waals surface area contributed by atoms with Crippen molar-refractivity contribution in [2.24, 2.45) is 0 Å². The quantitative estimate of drug-likeness (QED) is 0.576. The lowest BCUT2D eigenvalue weighted by Crippen LogP contribution is -2.00. The Hall–Kier alpha value is -3.28. The largest absolute Gasteiger partial charge is 0.507 e. The van der Waals surface area contributed by atoms with Gasteiger partial charge in [-0.3, -0.25) is 9.59 Å². The molecule has 0 fully saturated rings. The summed E-state index contributed by atoms with van der Waals surface area (Å²) in [5.74, 6) is -1.56. The maximum absolute atomic E-state index is 12.2. The number of Topliss-reactive ketones (excluding diaryl/α,β-unsaturated/α-hetero) is 1. The van der Waals surface area contributed by atoms with Gasteiger partial charge in [-0.2, -0.15) is 0 Å². The normalized spacial score (nSPS) is 10.8. The van der Waals surface area contributed by atoms with E-state index in [-0.39, 0.29) is 22.6 Å². The average Bonchev–Trinajstić information content (AvgIpc) is 2.52. The summed E-state index contributed by atoms with van der Waals surface area (Å²) in [4.78, 5) is 23.6. The van der Waals surface area contributed by atoms with Gasteiger partial charge in [-0.1, -0.05) is 12.1 Å². The highest BCUT2D eigenvalue weighted by Gasteiger charge is 2.15. The van der Waals surface area contributed by atoms with Crippen LogP contribution >= 0.6 is 0 Å². The Labute approximate surface area is 138 Å². The summed E-state index contributed by atoms with van der Waals surface area (Å²) in [6.07, 6.45) is 2.64. The van der Waals surface area contributed by atoms with Gasteiger partial charge in [0.15, 0.2) is 23.1 Å². The Kier molecular flexibility index (Phi) is 4.89. The molecule has 24 heavy (non-hydrogen) atoms. The maximum Gasteiger partial charge on any atom is 0.189 e. The molecule has 2 rings (SSSR count). The lowest BCUT2D eigenvalue weighted by atomic mass is 10.0. The van der Waals surface area contributed by atoms with Gasteiger partial charge in [0.25, 0.3) is 0 Å². The Balaban J connectivity index is 2.31. The predicted octanol–water partition coefficient (Wildman–Crippen LogP) is 2.91. The van der Waals surface area contributed by atoms with Gasteiger partial charge < -0.3 is 20.1 Å². The highest BCUT2D eigenvalue weighted by molar-refractivity contribution is 6.10. The summed E-state index contributed by atoms with van der Waals surface area (Å²) in [6, 6.07) is 6.70. The van der Waals surface area contributed by atoms with Crippen molar-refractivity contribution in [2.45, 2.75) is 6.92 Å². The third-order valence-electron chi connectivity index (χ3n) is 3.39. The molecule has 0 unspecified atom stereocenters. The molecule has 0 bridgehead atoms. The van der Waals surface area contributed by atoms with E-state index in [0.717, 1.165) is 12.1 Å². The van der Waals surface area contributed by atoms with Crippen molar-refractivity contribution < 1.29 is 29.6 Å². The summed E-state index contributed by atoms with van der Waals surface area (Å²) in [7, 11) is 1.42. The number of ether oxygens (including phenoxy) is 1. The van der Waals surface area contributed by atoms with E-state index < -0.39 is 17.3 Å². The minimum absolute atomic E-state index is 0.0494. The third-order valence-corrected chi connectivity index (χ3v) is 3.39. The summed E-state index contributed by atoms with van der Waals surface area (Å²) < 4.78 is 4.93. The van der Waals surface area contributed by atoms with Gasteiger partial charge in [0, 0.05) is 6.07 Å². The summed E-state index contributed by atoms with van der Waals surface area (Å²) in [6.45, 7) is 1.25. The van der Waals surface area contributed by atoms with Crippen LogP contribution in [0, 0.1) is 0 Å². The van der Waals surface area contributed by atoms with E-state index in [1.165, 1.54) is 32.3 Å². The maximum atomic E-state index is 12.2. The number of hydrogen-bond donors (Lipinski definition) is 3. The zero-order valence-corrected chi connectivity index (χ0v) is 13.1. The molecule has 6 nitrogen and oxygen atoms in total. The van der Waals surface area contributed by atoms with Crippen molar-refractivity contribution in [2.75, 3.05) is 7.11 Å². The first-order valence-corrected chi connectivity index (χ1v) is 6.99. The number of carbonyl (C=O) groups excluding carboxylic acids is 2. The van der Waals surface area contributed by atoms with E-state index >= 15 is 0 Å². The second-order valence-corrected chi connectivity index (χ2v) is 5.07. The molecule has 0 aliphatic carbocycles. The molecule has 0 aliphatic rings. The molecule has 6 heteroatoms. The molecular weight excluding hydrogens is 312 g/mol. The number of carbonyl (C=O) groups is 2. The van der Waals surface area contributed by atoms with E-state index in [0.29, 0.717) is 11.3 Å². The Morgan fingerprint density at radius 3 is 2.21 bits per heavy atom. The van der Waals surface area contributed by atoms with Gasteiger partial charge >= 0.3 is 0 Å². The van der Waals surface area contributed by atoms with Gasteiger partial charge in [-0.15, -0.1) is 0 Å². The number of ketones is 2. The van der Waals surface area contributed by atoms with E-state index in [9.17, 15) is 24.9 Å². The van der Waals surface area contributed by atoms with Gasteiger partial charge in [0.05, 0.1) is 18.2 Å². The van der Waals surface area contributed by atoms with Crippen molar-refractivity contribution in [3.05, 3.63) is 53.1 Å². The standard InChI is InChI=1S/C18H16O6/c1-10(19)12-8-13(16(22)9-15(12)21)14(20)5-3-11-4-6-18(24-2)17(23)7-11/h3-9,21-23H,1-2H3/b5-3+. The zero-order chi connectivity index (χ0) is 17.9. The molecule has 0 aliphatic heterocycles. The third kappa shape index (κ3) is 3.55. The molecule has 3 N–H and O–H groups in total. The molecule has 2 aromatic rings. The molecule has 2 aromatic carbocycles. The first-order chi connectivity index (χ1) is 11.3. The van der Waals surface area contributed by atoms with Crippen molar-refractivity contribution in [3.8, 4) is 23.0 Å². The molecule has 124 valence electrons. The predicted molar refractivity (Wildman–Crippen MR) is 87.8 cm³/mol. The molecular formula is C18H16O6. The molecule has 0 radical (unpaired) electrons. The molecule has 0 heterocycles. The number of aromatic hydroxyl groups is 3. The Morgan fingerprint density at radius 1 is 0.958 bits per heavy atom. The second-order valence-electron chi connectivity index (χ2n) is 5.07. The van der Waals surface area contributed by atoms with Gasteiger partial charge in [-0.25, -0.2) is 0 Å². The molecule has 0 spiro atoms. The van der Waals surface area contributed by atoms with Crippen LogP contribution in [0.1, 0.15) is 33.2 Å². The molecule has 0 atom stereocenters. The first-order valence-electron chi connectivity index (χ1n) is 6.99. The van der Waals surface area contributed by atoms with Crippen LogP contribution in [0.4, 0.5) is 0 Å². The smallest absolute Gasteiger partial charge is 0.189 e. The van der Waals surface area contributed by atoms with Crippen LogP contribution in [0.5, 0.6) is 23.0 Å². The fourth-order valence-electron chi connectivity index (χ4n) is 2.13. The first kappa shape index (κ1) is 17.1. The van der Waals surface area contributed by atoms with E-state index in [4.69, 9.17) is 4.74 Å². The van der Waals surface area contributed by atoms with Crippen LogP contribution in [0.3, 0.4) is 0 Å². The van der Waals surface area contributed by atoms with Crippen LogP contribution in [-0.2, 0) is 0 Å². The van der Waals surface area contributed by atoms with Gasteiger partial charge in [-0.05, 0) is 36.8 Å². The topological polar surface area (TPSA) is 104 Å². The Bertz CT molecular complexity index is 836. The molecule has 0 saturated carbocycles. The van der Waals surface area contributed by atoms with E-state index in [1.807, 2.05) is 0 Å². The van der Waals surface area contributed by atoms with Gasteiger partial charge in [0.2, 0.25) is 0 Å². The summed E-state index contributed by atoms with van der Waals surface area (Å²) in [5.41, 5.74) is 0.394. The van der Waals surface area contributed by atoms with Crippen molar-refractivity contribution >= 4 is 17.6 Å². The van der Waals surface area contributed by atoms with E-state index in [1.54, 1.807) is 12.1 Å². The van der Waals surface area contributed by atoms with Crippen LogP contribution < -0.4 is 4.74 Å². The minimum Gasteiger partial charge on any atom is -0.507 e. The van der Waals surface area contributed by atoms with Crippen LogP contribution in [0.15, 0.2) is 36.4 Å². The summed E-state index contributed by atoms with van der Waals surface area (Å²) >= 11 is 0. The van der Waals surface area contributed by atoms with Crippen molar-refractivity contribution in [3.63, 3.8) is 0 Å². The molecule has 0 saturated heterocycles. The lowest BCUT2D eigenvalue weighted by Gasteiger charge is -2.06. The summed E-state index contributed by atoms with van der Waals surface area (Å²) in [5, 5.41) is 29.1. The number of phenols is 3. The monoisotopic (exact) mass is 328 g/mol. The number of benzene rings is 2. The number of phenolic OH excluding ortho intramolecular Hbond substituents is 3. The zero-order valence-electron chi connectivity index (χ0n) is 13.1. The molecule has 0 aromatic heterocycles. The van der Waals surface area contributed by atoms with Crippen molar-refractivity contribution in [1.29, 1.82) is 0 Å². The van der Waals surface area contributed by atoms with Crippen LogP contribution in [0.25, 0.3) is 6.08 Å². The molecule has 0 amide bonds. The average molecular weight is 328 g/mol. The fraction of sp³-hybridized carbons (Fsp3) is 0.111. The fourth-order valence-corrected chi connectivity index (χ4v) is 2.13. The van der Waals surface area contributed by atoms with Crippen LogP contribution in [0.2, 0.25) is 0 Å². The lowest BCUT2D eigenvalue weighted by molar-refractivity contribution is 0.101. The Morgan fingerprint density at radius 2 is 1.62 bits per heavy atom. The highest BCUT2D eigenvalue weighted by atomic mass is 16.5. The van der Waals surface area contributed by atoms with Gasteiger partial charge in [0.1, 0.15) is 11.5 Å².